The Kier molecular flexibility index (Phi) is 3.91. The Hall–Kier alpha value is -1.20. The van der Waals surface area contributed by atoms with Crippen molar-refractivity contribution in [3.8, 4) is 5.88 Å². The molecule has 2 heterocycles. The van der Waals surface area contributed by atoms with Gasteiger partial charge in [0.15, 0.2) is 0 Å². The summed E-state index contributed by atoms with van der Waals surface area (Å²) in [5.74, 6) is 0.586. The Bertz CT molecular complexity index is 390. The first kappa shape index (κ1) is 12.3. The van der Waals surface area contributed by atoms with Crippen molar-refractivity contribution in [2.75, 3.05) is 13.2 Å². The fourth-order valence-electron chi connectivity index (χ4n) is 1.92. The number of hydrogen-bond acceptors (Lipinski definition) is 5. The molecule has 0 saturated carbocycles. The lowest BCUT2D eigenvalue weighted by atomic mass is 10.1. The molecule has 2 N–H and O–H groups in total. The zero-order valence-electron chi connectivity index (χ0n) is 10.4. The van der Waals surface area contributed by atoms with Gasteiger partial charge in [-0.2, -0.15) is 5.10 Å². The first-order valence-electron chi connectivity index (χ1n) is 5.99. The van der Waals surface area contributed by atoms with Crippen molar-refractivity contribution in [2.24, 2.45) is 5.73 Å². The van der Waals surface area contributed by atoms with Crippen molar-refractivity contribution in [2.45, 2.75) is 39.3 Å². The Morgan fingerprint density at radius 2 is 2.00 bits per heavy atom. The normalized spacial score (nSPS) is 17.1. The average molecular weight is 237 g/mol. The van der Waals surface area contributed by atoms with Crippen molar-refractivity contribution in [3.63, 3.8) is 0 Å². The largest absolute Gasteiger partial charge is 0.473 e. The van der Waals surface area contributed by atoms with E-state index in [1.54, 1.807) is 0 Å². The highest BCUT2D eigenvalue weighted by molar-refractivity contribution is 5.35. The molecule has 0 atom stereocenters. The summed E-state index contributed by atoms with van der Waals surface area (Å²) in [4.78, 5) is 0. The fraction of sp³-hybridized carbons (Fsp3) is 0.667. The van der Waals surface area contributed by atoms with Gasteiger partial charge >= 0.3 is 0 Å². The maximum absolute atomic E-state index is 5.88. The molecule has 0 aliphatic carbocycles. The molecule has 94 valence electrons. The third-order valence-corrected chi connectivity index (χ3v) is 3.20. The molecule has 0 spiro atoms. The van der Waals surface area contributed by atoms with Crippen molar-refractivity contribution in [1.82, 2.24) is 10.2 Å². The molecule has 1 saturated heterocycles. The molecule has 1 aliphatic rings. The van der Waals surface area contributed by atoms with E-state index in [0.29, 0.717) is 12.4 Å². The Labute approximate surface area is 101 Å². The second-order valence-electron chi connectivity index (χ2n) is 4.33. The van der Waals surface area contributed by atoms with Crippen LogP contribution in [-0.2, 0) is 11.3 Å². The molecule has 2 rings (SSSR count). The lowest BCUT2D eigenvalue weighted by molar-refractivity contribution is 0.0228. The Balaban J connectivity index is 2.17. The SMILES string of the molecule is Cc1nnc(OC2CCOCC2)c(CN)c1C. The maximum Gasteiger partial charge on any atom is 0.238 e. The quantitative estimate of drug-likeness (QED) is 0.852. The van der Waals surface area contributed by atoms with Gasteiger partial charge in [0.2, 0.25) is 5.88 Å². The predicted octanol–water partition coefficient (Wildman–Crippen LogP) is 1.11. The number of ether oxygens (including phenoxy) is 2. The molecule has 1 aromatic heterocycles. The molecule has 0 amide bonds. The third kappa shape index (κ3) is 2.73. The minimum atomic E-state index is 0.172. The van der Waals surface area contributed by atoms with Crippen LogP contribution in [0.25, 0.3) is 0 Å². The molecule has 0 aromatic carbocycles. The van der Waals surface area contributed by atoms with Crippen LogP contribution in [-0.4, -0.2) is 29.5 Å². The number of nitrogens with two attached hydrogens (primary N) is 1. The van der Waals surface area contributed by atoms with Crippen molar-refractivity contribution >= 4 is 0 Å². The molecule has 5 nitrogen and oxygen atoms in total. The van der Waals surface area contributed by atoms with Gasteiger partial charge in [0.25, 0.3) is 0 Å². The Morgan fingerprint density at radius 3 is 2.65 bits per heavy atom. The summed E-state index contributed by atoms with van der Waals surface area (Å²) >= 11 is 0. The summed E-state index contributed by atoms with van der Waals surface area (Å²) in [6, 6.07) is 0. The van der Waals surface area contributed by atoms with Gasteiger partial charge in [-0.05, 0) is 19.4 Å². The van der Waals surface area contributed by atoms with Crippen LogP contribution in [0.15, 0.2) is 0 Å². The summed E-state index contributed by atoms with van der Waals surface area (Å²) < 4.78 is 11.2. The molecular weight excluding hydrogens is 218 g/mol. The maximum atomic E-state index is 5.88. The van der Waals surface area contributed by atoms with Crippen molar-refractivity contribution in [3.05, 3.63) is 16.8 Å². The zero-order chi connectivity index (χ0) is 12.3. The number of rotatable bonds is 3. The summed E-state index contributed by atoms with van der Waals surface area (Å²) in [6.07, 6.45) is 1.97. The van der Waals surface area contributed by atoms with Gasteiger partial charge in [-0.1, -0.05) is 0 Å². The van der Waals surface area contributed by atoms with E-state index in [0.717, 1.165) is 42.9 Å². The van der Waals surface area contributed by atoms with E-state index in [4.69, 9.17) is 15.2 Å². The number of aryl methyl sites for hydroxylation is 1. The fourth-order valence-corrected chi connectivity index (χ4v) is 1.92. The first-order valence-corrected chi connectivity index (χ1v) is 5.99. The van der Waals surface area contributed by atoms with Crippen LogP contribution in [0.4, 0.5) is 0 Å². The van der Waals surface area contributed by atoms with E-state index in [1.807, 2.05) is 13.8 Å². The molecule has 17 heavy (non-hydrogen) atoms. The van der Waals surface area contributed by atoms with Crippen LogP contribution in [0.5, 0.6) is 5.88 Å². The van der Waals surface area contributed by atoms with Gasteiger partial charge in [-0.15, -0.1) is 5.10 Å². The smallest absolute Gasteiger partial charge is 0.238 e. The van der Waals surface area contributed by atoms with Gasteiger partial charge in [-0.3, -0.25) is 0 Å². The van der Waals surface area contributed by atoms with Crippen molar-refractivity contribution < 1.29 is 9.47 Å². The van der Waals surface area contributed by atoms with Crippen molar-refractivity contribution in [1.29, 1.82) is 0 Å². The van der Waals surface area contributed by atoms with Crippen LogP contribution < -0.4 is 10.5 Å². The number of nitrogens with zero attached hydrogens (tertiary/aromatic N) is 2. The molecular formula is C12H19N3O2. The van der Waals surface area contributed by atoms with Gasteiger partial charge in [-0.25, -0.2) is 0 Å². The molecule has 1 fully saturated rings. The third-order valence-electron chi connectivity index (χ3n) is 3.20. The van der Waals surface area contributed by atoms with E-state index in [2.05, 4.69) is 10.2 Å². The standard InChI is InChI=1S/C12H19N3O2/c1-8-9(2)14-15-12(11(8)7-13)17-10-3-5-16-6-4-10/h10H,3-7,13H2,1-2H3. The van der Waals surface area contributed by atoms with Gasteiger partial charge in [0, 0.05) is 24.9 Å². The summed E-state index contributed by atoms with van der Waals surface area (Å²) in [6.45, 7) is 5.87. The topological polar surface area (TPSA) is 70.3 Å². The summed E-state index contributed by atoms with van der Waals surface area (Å²) in [5.41, 5.74) is 8.70. The van der Waals surface area contributed by atoms with Crippen LogP contribution in [0.1, 0.15) is 29.7 Å². The van der Waals surface area contributed by atoms with Gasteiger partial charge in [0.05, 0.1) is 18.9 Å². The molecule has 0 bridgehead atoms. The number of hydrogen-bond donors (Lipinski definition) is 1. The molecule has 0 unspecified atom stereocenters. The Morgan fingerprint density at radius 1 is 1.29 bits per heavy atom. The number of aromatic nitrogens is 2. The highest BCUT2D eigenvalue weighted by Crippen LogP contribution is 2.23. The highest BCUT2D eigenvalue weighted by atomic mass is 16.5. The monoisotopic (exact) mass is 237 g/mol. The minimum Gasteiger partial charge on any atom is -0.473 e. The van der Waals surface area contributed by atoms with E-state index >= 15 is 0 Å². The second kappa shape index (κ2) is 5.42. The molecule has 5 heteroatoms. The second-order valence-corrected chi connectivity index (χ2v) is 4.33. The van der Waals surface area contributed by atoms with E-state index in [9.17, 15) is 0 Å². The minimum absolute atomic E-state index is 0.172. The van der Waals surface area contributed by atoms with Crippen LogP contribution in [0.3, 0.4) is 0 Å². The average Bonchev–Trinajstić information content (AvgIpc) is 2.36. The molecule has 1 aliphatic heterocycles. The lowest BCUT2D eigenvalue weighted by Crippen LogP contribution is -2.27. The predicted molar refractivity (Wildman–Crippen MR) is 63.9 cm³/mol. The lowest BCUT2D eigenvalue weighted by Gasteiger charge is -2.24. The highest BCUT2D eigenvalue weighted by Gasteiger charge is 2.19. The molecule has 0 radical (unpaired) electrons. The zero-order valence-corrected chi connectivity index (χ0v) is 10.4. The molecule has 1 aromatic rings. The summed E-state index contributed by atoms with van der Waals surface area (Å²) in [5, 5.41) is 8.20. The van der Waals surface area contributed by atoms with E-state index in [-0.39, 0.29) is 6.10 Å². The van der Waals surface area contributed by atoms with Crippen LogP contribution in [0.2, 0.25) is 0 Å². The summed E-state index contributed by atoms with van der Waals surface area (Å²) in [7, 11) is 0. The van der Waals surface area contributed by atoms with Gasteiger partial charge < -0.3 is 15.2 Å². The van der Waals surface area contributed by atoms with Gasteiger partial charge in [0.1, 0.15) is 6.10 Å². The first-order chi connectivity index (χ1) is 8.22. The van der Waals surface area contributed by atoms with Crippen LogP contribution >= 0.6 is 0 Å². The van der Waals surface area contributed by atoms with E-state index in [1.165, 1.54) is 0 Å². The van der Waals surface area contributed by atoms with E-state index < -0.39 is 0 Å². The van der Waals surface area contributed by atoms with Crippen LogP contribution in [0, 0.1) is 13.8 Å².